The average molecular weight is 245 g/mol. The molecule has 0 atom stereocenters. The van der Waals surface area contributed by atoms with Gasteiger partial charge in [0.05, 0.1) is 0 Å². The topological polar surface area (TPSA) is 12.9 Å². The third-order valence-corrected chi connectivity index (χ3v) is 2.39. The third kappa shape index (κ3) is 1.31. The second kappa shape index (κ2) is 2.49. The molecule has 0 spiro atoms. The van der Waals surface area contributed by atoms with E-state index in [2.05, 4.69) is 39.7 Å². The van der Waals surface area contributed by atoms with E-state index in [0.29, 0.717) is 0 Å². The first-order valence-electron chi connectivity index (χ1n) is 3.48. The number of nitrogens with zero attached hydrogens (tertiary/aromatic N) is 1. The Morgan fingerprint density at radius 1 is 1.50 bits per heavy atom. The van der Waals surface area contributed by atoms with E-state index >= 15 is 0 Å². The van der Waals surface area contributed by atoms with E-state index in [1.807, 2.05) is 6.20 Å². The lowest BCUT2D eigenvalue weighted by Gasteiger charge is -1.95. The number of hydrogen-bond donors (Lipinski definition) is 0. The van der Waals surface area contributed by atoms with Crippen LogP contribution < -0.4 is 0 Å². The molecule has 0 amide bonds. The van der Waals surface area contributed by atoms with Crippen LogP contribution in [0.3, 0.4) is 0 Å². The quantitative estimate of drug-likeness (QED) is 0.547. The van der Waals surface area contributed by atoms with Crippen molar-refractivity contribution in [2.75, 3.05) is 0 Å². The zero-order chi connectivity index (χ0) is 6.97. The molecule has 1 aromatic heterocycles. The molecule has 0 saturated heterocycles. The summed E-state index contributed by atoms with van der Waals surface area (Å²) in [5.74, 6) is 0.858. The van der Waals surface area contributed by atoms with Gasteiger partial charge in [-0.3, -0.25) is 4.98 Å². The summed E-state index contributed by atoms with van der Waals surface area (Å²) in [4.78, 5) is 4.14. The molecule has 0 N–H and O–H groups in total. The van der Waals surface area contributed by atoms with Crippen LogP contribution in [0.1, 0.15) is 24.3 Å². The van der Waals surface area contributed by atoms with Crippen molar-refractivity contribution in [3.8, 4) is 0 Å². The average Bonchev–Trinajstić information content (AvgIpc) is 2.68. The Bertz CT molecular complexity index is 243. The summed E-state index contributed by atoms with van der Waals surface area (Å²) >= 11 is 2.26. The molecule has 2 rings (SSSR count). The number of hydrogen-bond acceptors (Lipinski definition) is 1. The SMILES string of the molecule is Ic1cc(C2CC2)ccn1. The minimum atomic E-state index is 0.858. The summed E-state index contributed by atoms with van der Waals surface area (Å²) in [6.45, 7) is 0. The lowest BCUT2D eigenvalue weighted by Crippen LogP contribution is -1.83. The summed E-state index contributed by atoms with van der Waals surface area (Å²) < 4.78 is 1.11. The van der Waals surface area contributed by atoms with E-state index in [9.17, 15) is 0 Å². The van der Waals surface area contributed by atoms with Gasteiger partial charge < -0.3 is 0 Å². The van der Waals surface area contributed by atoms with Gasteiger partial charge in [-0.15, -0.1) is 0 Å². The van der Waals surface area contributed by atoms with Gasteiger partial charge in [-0.25, -0.2) is 0 Å². The molecule has 1 nitrogen and oxygen atoms in total. The van der Waals surface area contributed by atoms with Crippen LogP contribution in [0.15, 0.2) is 18.3 Å². The number of rotatable bonds is 1. The van der Waals surface area contributed by atoms with Crippen LogP contribution in [0, 0.1) is 3.70 Å². The lowest BCUT2D eigenvalue weighted by molar-refractivity contribution is 1.10. The summed E-state index contributed by atoms with van der Waals surface area (Å²) in [5.41, 5.74) is 1.47. The molecule has 1 fully saturated rings. The molecule has 1 aliphatic rings. The molecule has 0 bridgehead atoms. The summed E-state index contributed by atoms with van der Waals surface area (Å²) in [5, 5.41) is 0. The largest absolute Gasteiger partial charge is 0.250 e. The van der Waals surface area contributed by atoms with Crippen LogP contribution in [0.4, 0.5) is 0 Å². The Labute approximate surface area is 74.0 Å². The van der Waals surface area contributed by atoms with Gasteiger partial charge in [0.2, 0.25) is 0 Å². The molecule has 1 saturated carbocycles. The highest BCUT2D eigenvalue weighted by molar-refractivity contribution is 14.1. The molecule has 0 radical (unpaired) electrons. The van der Waals surface area contributed by atoms with Crippen LogP contribution >= 0.6 is 22.6 Å². The fraction of sp³-hybridized carbons (Fsp3) is 0.375. The van der Waals surface area contributed by atoms with Crippen LogP contribution in [-0.2, 0) is 0 Å². The predicted octanol–water partition coefficient (Wildman–Crippen LogP) is 2.56. The van der Waals surface area contributed by atoms with Crippen molar-refractivity contribution in [3.63, 3.8) is 0 Å². The van der Waals surface area contributed by atoms with E-state index in [1.165, 1.54) is 18.4 Å². The maximum absolute atomic E-state index is 4.14. The van der Waals surface area contributed by atoms with Crippen molar-refractivity contribution < 1.29 is 0 Å². The van der Waals surface area contributed by atoms with Crippen molar-refractivity contribution in [2.45, 2.75) is 18.8 Å². The molecule has 1 aliphatic carbocycles. The van der Waals surface area contributed by atoms with Crippen LogP contribution in [0.5, 0.6) is 0 Å². The maximum atomic E-state index is 4.14. The molecular weight excluding hydrogens is 237 g/mol. The molecule has 52 valence electrons. The first-order valence-corrected chi connectivity index (χ1v) is 4.55. The zero-order valence-corrected chi connectivity index (χ0v) is 7.71. The summed E-state index contributed by atoms with van der Waals surface area (Å²) in [6.07, 6.45) is 4.65. The molecule has 2 heteroatoms. The first-order chi connectivity index (χ1) is 4.86. The highest BCUT2D eigenvalue weighted by Gasteiger charge is 2.23. The minimum Gasteiger partial charge on any atom is -0.250 e. The number of halogens is 1. The molecule has 0 aliphatic heterocycles. The molecule has 0 aromatic carbocycles. The lowest BCUT2D eigenvalue weighted by atomic mass is 10.2. The monoisotopic (exact) mass is 245 g/mol. The molecule has 1 aromatic rings. The second-order valence-corrected chi connectivity index (χ2v) is 3.79. The van der Waals surface area contributed by atoms with E-state index in [0.717, 1.165) is 9.62 Å². The Kier molecular flexibility index (Phi) is 1.64. The number of pyridine rings is 1. The van der Waals surface area contributed by atoms with Crippen molar-refractivity contribution in [3.05, 3.63) is 27.6 Å². The van der Waals surface area contributed by atoms with Crippen molar-refractivity contribution in [2.24, 2.45) is 0 Å². The fourth-order valence-electron chi connectivity index (χ4n) is 1.09. The standard InChI is InChI=1S/C8H8IN/c9-8-5-7(3-4-10-8)6-1-2-6/h3-6H,1-2H2. The van der Waals surface area contributed by atoms with E-state index in [1.54, 1.807) is 0 Å². The van der Waals surface area contributed by atoms with Gasteiger partial charge in [0.25, 0.3) is 0 Å². The van der Waals surface area contributed by atoms with E-state index in [4.69, 9.17) is 0 Å². The third-order valence-electron chi connectivity index (χ3n) is 1.80. The predicted molar refractivity (Wildman–Crippen MR) is 48.9 cm³/mol. The zero-order valence-electron chi connectivity index (χ0n) is 5.55. The summed E-state index contributed by atoms with van der Waals surface area (Å²) in [7, 11) is 0. The Balaban J connectivity index is 2.32. The Morgan fingerprint density at radius 2 is 2.30 bits per heavy atom. The van der Waals surface area contributed by atoms with E-state index in [-0.39, 0.29) is 0 Å². The Morgan fingerprint density at radius 3 is 2.90 bits per heavy atom. The highest BCUT2D eigenvalue weighted by atomic mass is 127. The Hall–Kier alpha value is -0.120. The van der Waals surface area contributed by atoms with Gasteiger partial charge in [0.15, 0.2) is 0 Å². The molecule has 0 unspecified atom stereocenters. The van der Waals surface area contributed by atoms with Gasteiger partial charge in [0.1, 0.15) is 3.70 Å². The minimum absolute atomic E-state index is 0.858. The number of aromatic nitrogens is 1. The molecular formula is C8H8IN. The normalized spacial score (nSPS) is 17.3. The second-order valence-electron chi connectivity index (χ2n) is 2.69. The van der Waals surface area contributed by atoms with Crippen LogP contribution in [-0.4, -0.2) is 4.98 Å². The first kappa shape index (κ1) is 6.58. The van der Waals surface area contributed by atoms with Gasteiger partial charge in [0, 0.05) is 6.20 Å². The van der Waals surface area contributed by atoms with Gasteiger partial charge in [-0.2, -0.15) is 0 Å². The van der Waals surface area contributed by atoms with Gasteiger partial charge in [-0.05, 0) is 59.0 Å². The smallest absolute Gasteiger partial charge is 0.101 e. The van der Waals surface area contributed by atoms with Crippen LogP contribution in [0.2, 0.25) is 0 Å². The van der Waals surface area contributed by atoms with Crippen LogP contribution in [0.25, 0.3) is 0 Å². The molecule has 1 heterocycles. The summed E-state index contributed by atoms with van der Waals surface area (Å²) in [6, 6.07) is 4.30. The van der Waals surface area contributed by atoms with Crippen molar-refractivity contribution in [1.29, 1.82) is 0 Å². The van der Waals surface area contributed by atoms with E-state index < -0.39 is 0 Å². The van der Waals surface area contributed by atoms with Crippen molar-refractivity contribution >= 4 is 22.6 Å². The van der Waals surface area contributed by atoms with Gasteiger partial charge >= 0.3 is 0 Å². The maximum Gasteiger partial charge on any atom is 0.101 e. The molecule has 10 heavy (non-hydrogen) atoms. The van der Waals surface area contributed by atoms with Gasteiger partial charge in [-0.1, -0.05) is 0 Å². The fourth-order valence-corrected chi connectivity index (χ4v) is 1.61. The highest BCUT2D eigenvalue weighted by Crippen LogP contribution is 2.39. The van der Waals surface area contributed by atoms with Crippen molar-refractivity contribution in [1.82, 2.24) is 4.98 Å².